The Balaban J connectivity index is 1.33. The molecule has 2 aromatic heterocycles. The van der Waals surface area contributed by atoms with Crippen LogP contribution >= 0.6 is 22.7 Å². The molecule has 1 N–H and O–H groups in total. The molecule has 2 atom stereocenters. The highest BCUT2D eigenvalue weighted by Gasteiger charge is 2.22. The molecule has 3 heterocycles. The van der Waals surface area contributed by atoms with Crippen LogP contribution in [0.4, 0.5) is 5.13 Å². The lowest BCUT2D eigenvalue weighted by molar-refractivity contribution is -0.115. The van der Waals surface area contributed by atoms with Crippen molar-refractivity contribution < 1.29 is 14.3 Å². The first-order valence-corrected chi connectivity index (χ1v) is 12.8. The fourth-order valence-electron chi connectivity index (χ4n) is 4.41. The van der Waals surface area contributed by atoms with E-state index in [1.165, 1.54) is 29.1 Å². The van der Waals surface area contributed by atoms with Gasteiger partial charge in [0.15, 0.2) is 16.6 Å². The molecular formula is C24H30N4O3S2. The summed E-state index contributed by atoms with van der Waals surface area (Å²) in [5, 5.41) is 8.36. The third-order valence-corrected chi connectivity index (χ3v) is 7.40. The van der Waals surface area contributed by atoms with Gasteiger partial charge in [0.1, 0.15) is 5.01 Å². The lowest BCUT2D eigenvalue weighted by Crippen LogP contribution is -2.38. The molecule has 0 bridgehead atoms. The second kappa shape index (κ2) is 10.6. The number of aromatic nitrogens is 2. The summed E-state index contributed by atoms with van der Waals surface area (Å²) in [5.74, 6) is 2.64. The van der Waals surface area contributed by atoms with Gasteiger partial charge in [-0.3, -0.25) is 9.69 Å². The fraction of sp³-hybridized carbons (Fsp3) is 0.458. The molecule has 9 heteroatoms. The maximum atomic E-state index is 12.6. The van der Waals surface area contributed by atoms with Crippen LogP contribution in [0.2, 0.25) is 0 Å². The molecule has 7 nitrogen and oxygen atoms in total. The van der Waals surface area contributed by atoms with Crippen LogP contribution in [-0.4, -0.2) is 48.1 Å². The molecule has 4 rings (SSSR count). The fourth-order valence-corrected chi connectivity index (χ4v) is 5.94. The number of nitrogens with zero attached hydrogens (tertiary/aromatic N) is 3. The Bertz CT molecular complexity index is 1090. The van der Waals surface area contributed by atoms with Crippen LogP contribution in [0.1, 0.15) is 31.7 Å². The summed E-state index contributed by atoms with van der Waals surface area (Å²) >= 11 is 2.98. The first kappa shape index (κ1) is 23.7. The van der Waals surface area contributed by atoms with Crippen molar-refractivity contribution in [2.24, 2.45) is 11.8 Å². The van der Waals surface area contributed by atoms with Crippen molar-refractivity contribution in [3.05, 3.63) is 40.3 Å². The third-order valence-electron chi connectivity index (χ3n) is 5.65. The van der Waals surface area contributed by atoms with Crippen molar-refractivity contribution in [3.63, 3.8) is 0 Å². The number of benzene rings is 1. The molecule has 0 saturated carbocycles. The van der Waals surface area contributed by atoms with Gasteiger partial charge in [0.25, 0.3) is 0 Å². The number of rotatable bonds is 8. The van der Waals surface area contributed by atoms with Gasteiger partial charge in [-0.05, 0) is 36.5 Å². The topological polar surface area (TPSA) is 76.6 Å². The molecule has 1 aromatic carbocycles. The Hall–Kier alpha value is -2.49. The van der Waals surface area contributed by atoms with E-state index in [1.54, 1.807) is 14.2 Å². The van der Waals surface area contributed by atoms with Gasteiger partial charge in [0.2, 0.25) is 5.91 Å². The minimum absolute atomic E-state index is 0.111. The second-order valence-corrected chi connectivity index (χ2v) is 10.4. The van der Waals surface area contributed by atoms with Gasteiger partial charge < -0.3 is 14.8 Å². The number of hydrogen-bond donors (Lipinski definition) is 1. The van der Waals surface area contributed by atoms with Gasteiger partial charge in [-0.25, -0.2) is 9.97 Å². The molecule has 1 aliphatic rings. The minimum atomic E-state index is -0.111. The molecule has 33 heavy (non-hydrogen) atoms. The predicted octanol–water partition coefficient (Wildman–Crippen LogP) is 4.94. The molecule has 0 spiro atoms. The van der Waals surface area contributed by atoms with Crippen molar-refractivity contribution in [2.45, 2.75) is 33.2 Å². The first-order valence-electron chi connectivity index (χ1n) is 11.1. The third kappa shape index (κ3) is 6.10. The normalized spacial score (nSPS) is 18.8. The van der Waals surface area contributed by atoms with E-state index in [9.17, 15) is 4.79 Å². The number of amides is 1. The molecule has 1 amide bonds. The quantitative estimate of drug-likeness (QED) is 0.486. The largest absolute Gasteiger partial charge is 0.493 e. The number of carbonyl (C=O) groups is 1. The van der Waals surface area contributed by atoms with Crippen molar-refractivity contribution >= 4 is 33.7 Å². The molecule has 176 valence electrons. The number of methoxy groups -OCH3 is 2. The smallest absolute Gasteiger partial charge is 0.232 e. The molecule has 0 aliphatic carbocycles. The monoisotopic (exact) mass is 486 g/mol. The molecule has 1 saturated heterocycles. The number of piperidine rings is 1. The van der Waals surface area contributed by atoms with E-state index in [4.69, 9.17) is 9.47 Å². The van der Waals surface area contributed by atoms with E-state index >= 15 is 0 Å². The number of ether oxygens (including phenoxy) is 2. The molecule has 3 aromatic rings. The number of carbonyl (C=O) groups excluding carboxylic acids is 1. The summed E-state index contributed by atoms with van der Waals surface area (Å²) in [5.41, 5.74) is 2.67. The molecule has 2 unspecified atom stereocenters. The highest BCUT2D eigenvalue weighted by Crippen LogP contribution is 2.33. The van der Waals surface area contributed by atoms with Crippen molar-refractivity contribution in [2.75, 3.05) is 32.6 Å². The first-order chi connectivity index (χ1) is 15.9. The van der Waals surface area contributed by atoms with Crippen LogP contribution in [0.15, 0.2) is 29.0 Å². The molecule has 1 fully saturated rings. The van der Waals surface area contributed by atoms with Gasteiger partial charge in [-0.2, -0.15) is 0 Å². The Morgan fingerprint density at radius 1 is 1.06 bits per heavy atom. The van der Waals surface area contributed by atoms with Crippen LogP contribution in [0.25, 0.3) is 10.6 Å². The SMILES string of the molecule is COc1ccc(-c2nc(CC(=O)Nc3nc(CN4CC(C)CC(C)C4)cs3)cs2)cc1OC. The lowest BCUT2D eigenvalue weighted by atomic mass is 9.92. The van der Waals surface area contributed by atoms with Crippen LogP contribution in [0.5, 0.6) is 11.5 Å². The van der Waals surface area contributed by atoms with Crippen LogP contribution < -0.4 is 14.8 Å². The van der Waals surface area contributed by atoms with Gasteiger partial charge in [-0.15, -0.1) is 22.7 Å². The molecule has 1 aliphatic heterocycles. The zero-order valence-corrected chi connectivity index (χ0v) is 21.1. The Labute approximate surface area is 202 Å². The minimum Gasteiger partial charge on any atom is -0.493 e. The van der Waals surface area contributed by atoms with Crippen LogP contribution in [0, 0.1) is 11.8 Å². The van der Waals surface area contributed by atoms with Crippen LogP contribution in [-0.2, 0) is 17.8 Å². The summed E-state index contributed by atoms with van der Waals surface area (Å²) in [6.45, 7) is 7.67. The summed E-state index contributed by atoms with van der Waals surface area (Å²) in [6, 6.07) is 5.68. The number of thiazole rings is 2. The highest BCUT2D eigenvalue weighted by atomic mass is 32.1. The second-order valence-electron chi connectivity index (χ2n) is 8.72. The van der Waals surface area contributed by atoms with E-state index < -0.39 is 0 Å². The zero-order valence-electron chi connectivity index (χ0n) is 19.5. The van der Waals surface area contributed by atoms with E-state index in [2.05, 4.69) is 34.0 Å². The van der Waals surface area contributed by atoms with Crippen LogP contribution in [0.3, 0.4) is 0 Å². The Morgan fingerprint density at radius 2 is 1.79 bits per heavy atom. The molecular weight excluding hydrogens is 456 g/mol. The Morgan fingerprint density at radius 3 is 2.52 bits per heavy atom. The van der Waals surface area contributed by atoms with E-state index in [0.717, 1.165) is 41.6 Å². The Kier molecular flexibility index (Phi) is 7.62. The predicted molar refractivity (Wildman–Crippen MR) is 133 cm³/mol. The summed E-state index contributed by atoms with van der Waals surface area (Å²) < 4.78 is 10.7. The number of hydrogen-bond acceptors (Lipinski definition) is 8. The van der Waals surface area contributed by atoms with E-state index in [0.29, 0.717) is 28.5 Å². The van der Waals surface area contributed by atoms with E-state index in [1.807, 2.05) is 29.0 Å². The highest BCUT2D eigenvalue weighted by molar-refractivity contribution is 7.14. The molecule has 0 radical (unpaired) electrons. The standard InChI is InChI=1S/C24H30N4O3S2/c1-15-7-16(2)11-28(10-15)12-19-14-33-24(26-19)27-22(29)9-18-13-32-23(25-18)17-5-6-20(30-3)21(8-17)31-4/h5-6,8,13-16H,7,9-12H2,1-4H3,(H,26,27,29). The van der Waals surface area contributed by atoms with Gasteiger partial charge in [-0.1, -0.05) is 13.8 Å². The summed E-state index contributed by atoms with van der Waals surface area (Å²) in [7, 11) is 3.22. The summed E-state index contributed by atoms with van der Waals surface area (Å²) in [6.07, 6.45) is 1.50. The number of likely N-dealkylation sites (tertiary alicyclic amines) is 1. The summed E-state index contributed by atoms with van der Waals surface area (Å²) in [4.78, 5) is 24.3. The van der Waals surface area contributed by atoms with Gasteiger partial charge in [0.05, 0.1) is 32.0 Å². The number of nitrogens with one attached hydrogen (secondary N) is 1. The maximum absolute atomic E-state index is 12.6. The van der Waals surface area contributed by atoms with E-state index in [-0.39, 0.29) is 12.3 Å². The van der Waals surface area contributed by atoms with Crippen molar-refractivity contribution in [1.29, 1.82) is 0 Å². The van der Waals surface area contributed by atoms with Crippen molar-refractivity contribution in [3.8, 4) is 22.1 Å². The average molecular weight is 487 g/mol. The number of anilines is 1. The van der Waals surface area contributed by atoms with Gasteiger partial charge >= 0.3 is 0 Å². The van der Waals surface area contributed by atoms with Gasteiger partial charge in [0, 0.05) is 36.0 Å². The zero-order chi connectivity index (χ0) is 23.4. The maximum Gasteiger partial charge on any atom is 0.232 e. The lowest BCUT2D eigenvalue weighted by Gasteiger charge is -2.34. The average Bonchev–Trinajstić information content (AvgIpc) is 3.42. The van der Waals surface area contributed by atoms with Crippen molar-refractivity contribution in [1.82, 2.24) is 14.9 Å².